The molecular weight excluding hydrogens is 150 g/mol. The van der Waals surface area contributed by atoms with Crippen molar-refractivity contribution in [2.75, 3.05) is 6.61 Å². The molecular formula is C6H13NO4. The second-order valence-corrected chi connectivity index (χ2v) is 2.61. The van der Waals surface area contributed by atoms with Gasteiger partial charge in [0, 0.05) is 0 Å². The predicted molar refractivity (Wildman–Crippen MR) is 36.6 cm³/mol. The molecule has 1 aliphatic heterocycles. The third-order valence-electron chi connectivity index (χ3n) is 1.71. The fraction of sp³-hybridized carbons (Fsp3) is 1.00. The number of rotatable bonds is 1. The zero-order valence-electron chi connectivity index (χ0n) is 6.27. The summed E-state index contributed by atoms with van der Waals surface area (Å²) < 4.78 is 5.05. The van der Waals surface area contributed by atoms with E-state index in [0.29, 0.717) is 0 Å². The lowest BCUT2D eigenvalue weighted by Gasteiger charge is -2.35. The minimum atomic E-state index is -1.02. The highest BCUT2D eigenvalue weighted by molar-refractivity contribution is 4.78. The van der Waals surface area contributed by atoms with Gasteiger partial charge in [0.1, 0.15) is 18.6 Å². The van der Waals surface area contributed by atoms with Gasteiger partial charge in [0.25, 0.3) is 0 Å². The maximum atomic E-state index is 9.14. The quantitative estimate of drug-likeness (QED) is 0.359. The molecule has 4 atom stereocenters. The molecule has 0 amide bonds. The first-order chi connectivity index (χ1) is 5.15. The lowest BCUT2D eigenvalue weighted by molar-refractivity contribution is -0.190. The van der Waals surface area contributed by atoms with E-state index < -0.39 is 24.7 Å². The summed E-state index contributed by atoms with van der Waals surface area (Å²) in [4.78, 5) is 0. The molecule has 0 radical (unpaired) electrons. The van der Waals surface area contributed by atoms with Crippen molar-refractivity contribution in [2.45, 2.75) is 31.6 Å². The second kappa shape index (κ2) is 3.46. The maximum absolute atomic E-state index is 9.14. The van der Waals surface area contributed by atoms with E-state index in [1.54, 1.807) is 6.92 Å². The molecule has 1 heterocycles. The van der Waals surface area contributed by atoms with Crippen LogP contribution < -0.4 is 5.32 Å². The molecule has 66 valence electrons. The van der Waals surface area contributed by atoms with Crippen LogP contribution in [0.25, 0.3) is 0 Å². The second-order valence-electron chi connectivity index (χ2n) is 2.61. The van der Waals surface area contributed by atoms with Gasteiger partial charge >= 0.3 is 0 Å². The minimum absolute atomic E-state index is 0.214. The Kier molecular flexibility index (Phi) is 2.80. The molecule has 0 aromatic rings. The largest absolute Gasteiger partial charge is 0.392 e. The molecule has 1 saturated heterocycles. The molecule has 1 rings (SSSR count). The van der Waals surface area contributed by atoms with Gasteiger partial charge in [0.15, 0.2) is 0 Å². The van der Waals surface area contributed by atoms with Gasteiger partial charge in [0.05, 0.1) is 12.7 Å². The first-order valence-electron chi connectivity index (χ1n) is 3.53. The molecule has 0 bridgehead atoms. The Morgan fingerprint density at radius 1 is 1.45 bits per heavy atom. The lowest BCUT2D eigenvalue weighted by Crippen LogP contribution is -2.58. The van der Waals surface area contributed by atoms with Crippen molar-refractivity contribution in [1.29, 1.82) is 0 Å². The number of nitrogens with one attached hydrogen (secondary N) is 1. The van der Waals surface area contributed by atoms with Crippen molar-refractivity contribution in [3.8, 4) is 0 Å². The van der Waals surface area contributed by atoms with Gasteiger partial charge in [-0.2, -0.15) is 0 Å². The topological polar surface area (TPSA) is 82.0 Å². The molecule has 4 N–H and O–H groups in total. The summed E-state index contributed by atoms with van der Waals surface area (Å²) >= 11 is 0. The highest BCUT2D eigenvalue weighted by Crippen LogP contribution is 2.10. The first-order valence-corrected chi connectivity index (χ1v) is 3.53. The van der Waals surface area contributed by atoms with Crippen LogP contribution in [-0.2, 0) is 4.74 Å². The van der Waals surface area contributed by atoms with Crippen LogP contribution in [0.15, 0.2) is 0 Å². The highest BCUT2D eigenvalue weighted by atomic mass is 16.5. The minimum Gasteiger partial charge on any atom is -0.392 e. The molecule has 1 fully saturated rings. The van der Waals surface area contributed by atoms with Crippen LogP contribution in [-0.4, -0.2) is 46.6 Å². The average molecular weight is 163 g/mol. The van der Waals surface area contributed by atoms with Gasteiger partial charge in [-0.25, -0.2) is 0 Å². The van der Waals surface area contributed by atoms with Crippen molar-refractivity contribution in [3.05, 3.63) is 0 Å². The summed E-state index contributed by atoms with van der Waals surface area (Å²) in [7, 11) is 0. The maximum Gasteiger partial charge on any atom is 0.135 e. The Morgan fingerprint density at radius 3 is 2.55 bits per heavy atom. The molecule has 0 aromatic carbocycles. The van der Waals surface area contributed by atoms with E-state index in [2.05, 4.69) is 5.32 Å². The monoisotopic (exact) mass is 163 g/mol. The van der Waals surface area contributed by atoms with Crippen molar-refractivity contribution >= 4 is 0 Å². The Morgan fingerprint density at radius 2 is 2.09 bits per heavy atom. The Balaban J connectivity index is 2.47. The molecule has 0 aromatic heterocycles. The number of ether oxygens (including phenoxy) is 1. The van der Waals surface area contributed by atoms with Gasteiger partial charge in [-0.3, -0.25) is 5.32 Å². The van der Waals surface area contributed by atoms with E-state index >= 15 is 0 Å². The molecule has 11 heavy (non-hydrogen) atoms. The van der Waals surface area contributed by atoms with Crippen LogP contribution in [0.1, 0.15) is 6.92 Å². The van der Waals surface area contributed by atoms with Gasteiger partial charge in [-0.05, 0) is 6.92 Å². The molecule has 0 saturated carbocycles. The van der Waals surface area contributed by atoms with Crippen LogP contribution in [0, 0.1) is 0 Å². The zero-order chi connectivity index (χ0) is 8.43. The summed E-state index contributed by atoms with van der Waals surface area (Å²) in [5.74, 6) is 0. The van der Waals surface area contributed by atoms with Crippen LogP contribution in [0.5, 0.6) is 0 Å². The van der Waals surface area contributed by atoms with Crippen molar-refractivity contribution in [1.82, 2.24) is 5.32 Å². The molecule has 0 spiro atoms. The summed E-state index contributed by atoms with van der Waals surface area (Å²) in [6, 6.07) is 0. The molecule has 5 heteroatoms. The number of hydrogen-bond donors (Lipinski definition) is 4. The average Bonchev–Trinajstić information content (AvgIpc) is 1.99. The Bertz CT molecular complexity index is 120. The van der Waals surface area contributed by atoms with E-state index in [1.807, 2.05) is 0 Å². The number of aliphatic hydroxyl groups excluding tert-OH is 3. The van der Waals surface area contributed by atoms with E-state index in [0.717, 1.165) is 0 Å². The van der Waals surface area contributed by atoms with Gasteiger partial charge in [-0.15, -0.1) is 0 Å². The fourth-order valence-corrected chi connectivity index (χ4v) is 1.02. The third kappa shape index (κ3) is 1.88. The van der Waals surface area contributed by atoms with Crippen LogP contribution in [0.3, 0.4) is 0 Å². The normalized spacial score (nSPS) is 45.8. The third-order valence-corrected chi connectivity index (χ3v) is 1.71. The van der Waals surface area contributed by atoms with Gasteiger partial charge in [-0.1, -0.05) is 0 Å². The summed E-state index contributed by atoms with van der Waals surface area (Å²) in [6.45, 7) is 1.42. The molecule has 3 unspecified atom stereocenters. The van der Waals surface area contributed by atoms with Crippen molar-refractivity contribution < 1.29 is 20.1 Å². The van der Waals surface area contributed by atoms with Crippen LogP contribution in [0.2, 0.25) is 0 Å². The van der Waals surface area contributed by atoms with E-state index in [1.165, 1.54) is 0 Å². The van der Waals surface area contributed by atoms with E-state index in [-0.39, 0.29) is 6.61 Å². The van der Waals surface area contributed by atoms with E-state index in [9.17, 15) is 0 Å². The summed E-state index contributed by atoms with van der Waals surface area (Å²) in [6.07, 6.45) is -2.99. The first kappa shape index (κ1) is 8.89. The molecule has 1 aliphatic rings. The number of hydrogen-bond acceptors (Lipinski definition) is 5. The molecule has 0 aliphatic carbocycles. The van der Waals surface area contributed by atoms with Gasteiger partial charge in [0.2, 0.25) is 0 Å². The smallest absolute Gasteiger partial charge is 0.135 e. The zero-order valence-corrected chi connectivity index (χ0v) is 6.27. The number of aliphatic hydroxyl groups is 3. The van der Waals surface area contributed by atoms with Crippen LogP contribution in [0.4, 0.5) is 0 Å². The lowest BCUT2D eigenvalue weighted by atomic mass is 10.1. The molecule has 5 nitrogen and oxygen atoms in total. The SMILES string of the molecule is C[C@H]1OC(CO)NC(O)C1O. The summed E-state index contributed by atoms with van der Waals surface area (Å²) in [5, 5.41) is 29.3. The predicted octanol–water partition coefficient (Wildman–Crippen LogP) is -2.01. The Hall–Kier alpha value is -0.200. The summed E-state index contributed by atoms with van der Waals surface area (Å²) in [5.41, 5.74) is 0. The Labute approximate surface area is 64.6 Å². The van der Waals surface area contributed by atoms with Gasteiger partial charge < -0.3 is 20.1 Å². The standard InChI is InChI=1S/C6H13NO4/c1-3-5(9)6(10)7-4(2-8)11-3/h3-10H,2H2,1H3/t3-,4?,5?,6?/m1/s1. The van der Waals surface area contributed by atoms with Crippen molar-refractivity contribution in [3.63, 3.8) is 0 Å². The fourth-order valence-electron chi connectivity index (χ4n) is 1.02. The van der Waals surface area contributed by atoms with Crippen LogP contribution >= 0.6 is 0 Å². The van der Waals surface area contributed by atoms with E-state index in [4.69, 9.17) is 20.1 Å². The van der Waals surface area contributed by atoms with Crippen molar-refractivity contribution in [2.24, 2.45) is 0 Å². The highest BCUT2D eigenvalue weighted by Gasteiger charge is 2.32.